The van der Waals surface area contributed by atoms with Crippen molar-refractivity contribution in [3.63, 3.8) is 0 Å². The Morgan fingerprint density at radius 1 is 1.45 bits per heavy atom. The van der Waals surface area contributed by atoms with Crippen LogP contribution in [0.15, 0.2) is 0 Å². The zero-order valence-corrected chi connectivity index (χ0v) is 6.47. The Morgan fingerprint density at radius 3 is 2.64 bits per heavy atom. The summed E-state index contributed by atoms with van der Waals surface area (Å²) in [7, 11) is 0. The summed E-state index contributed by atoms with van der Waals surface area (Å²) in [5.41, 5.74) is 0. The van der Waals surface area contributed by atoms with Gasteiger partial charge in [0, 0.05) is 6.42 Å². The normalized spacial score (nSPS) is 45.8. The van der Waals surface area contributed by atoms with Gasteiger partial charge in [0.2, 0.25) is 0 Å². The van der Waals surface area contributed by atoms with Crippen molar-refractivity contribution in [1.29, 1.82) is 0 Å². The van der Waals surface area contributed by atoms with E-state index in [9.17, 15) is 10.2 Å². The maximum Gasteiger partial charge on any atom is 0.109 e. The van der Waals surface area contributed by atoms with Gasteiger partial charge in [-0.2, -0.15) is 0 Å². The van der Waals surface area contributed by atoms with Gasteiger partial charge in [-0.15, -0.1) is 0 Å². The first-order valence-electron chi connectivity index (χ1n) is 3.77. The Morgan fingerprint density at radius 2 is 2.09 bits per heavy atom. The number of hydrogen-bond acceptors (Lipinski definition) is 4. The van der Waals surface area contributed by atoms with E-state index >= 15 is 0 Å². The Hall–Kier alpha value is -0.160. The molecule has 4 nitrogen and oxygen atoms in total. The van der Waals surface area contributed by atoms with E-state index in [0.717, 1.165) is 0 Å². The Balaban J connectivity index is 2.51. The fourth-order valence-electron chi connectivity index (χ4n) is 1.31. The molecule has 1 aliphatic rings. The molecule has 11 heavy (non-hydrogen) atoms. The standard InChI is InChI=1S/C7H14O4/c1-4-2-5(9)7(10)6(3-8)11-4/h4-10H,2-3H2,1H3/t4-,5-,6?,7?/m1/s1. The molecule has 0 aromatic carbocycles. The molecular weight excluding hydrogens is 148 g/mol. The Bertz CT molecular complexity index is 128. The Labute approximate surface area is 65.4 Å². The molecule has 0 aliphatic carbocycles. The van der Waals surface area contributed by atoms with Gasteiger partial charge in [0.05, 0.1) is 18.8 Å². The largest absolute Gasteiger partial charge is 0.394 e. The van der Waals surface area contributed by atoms with E-state index in [4.69, 9.17) is 9.84 Å². The van der Waals surface area contributed by atoms with Crippen LogP contribution in [0.4, 0.5) is 0 Å². The number of aliphatic hydroxyl groups is 3. The second-order valence-corrected chi connectivity index (χ2v) is 2.96. The number of aliphatic hydroxyl groups excluding tert-OH is 3. The van der Waals surface area contributed by atoms with Crippen molar-refractivity contribution < 1.29 is 20.1 Å². The van der Waals surface area contributed by atoms with Crippen LogP contribution in [0.3, 0.4) is 0 Å². The van der Waals surface area contributed by atoms with Crippen molar-refractivity contribution in [1.82, 2.24) is 0 Å². The molecule has 0 aromatic rings. The summed E-state index contributed by atoms with van der Waals surface area (Å²) in [6.45, 7) is 1.56. The summed E-state index contributed by atoms with van der Waals surface area (Å²) < 4.78 is 5.16. The molecule has 1 fully saturated rings. The van der Waals surface area contributed by atoms with Crippen molar-refractivity contribution in [3.8, 4) is 0 Å². The van der Waals surface area contributed by atoms with Crippen LogP contribution < -0.4 is 0 Å². The van der Waals surface area contributed by atoms with Crippen molar-refractivity contribution in [2.24, 2.45) is 0 Å². The summed E-state index contributed by atoms with van der Waals surface area (Å²) in [5.74, 6) is 0. The average Bonchev–Trinajstić information content (AvgIpc) is 1.96. The van der Waals surface area contributed by atoms with E-state index in [2.05, 4.69) is 0 Å². The molecule has 1 rings (SSSR count). The van der Waals surface area contributed by atoms with E-state index in [1.54, 1.807) is 6.92 Å². The van der Waals surface area contributed by atoms with Crippen LogP contribution in [0.5, 0.6) is 0 Å². The van der Waals surface area contributed by atoms with Gasteiger partial charge in [-0.05, 0) is 6.92 Å². The molecular formula is C7H14O4. The zero-order chi connectivity index (χ0) is 8.43. The summed E-state index contributed by atoms with van der Waals surface area (Å²) in [4.78, 5) is 0. The van der Waals surface area contributed by atoms with E-state index in [-0.39, 0.29) is 12.7 Å². The van der Waals surface area contributed by atoms with Crippen LogP contribution in [0, 0.1) is 0 Å². The van der Waals surface area contributed by atoms with Crippen LogP contribution in [0.1, 0.15) is 13.3 Å². The Kier molecular flexibility index (Phi) is 2.84. The first kappa shape index (κ1) is 8.93. The highest BCUT2D eigenvalue weighted by Gasteiger charge is 2.34. The lowest BCUT2D eigenvalue weighted by Gasteiger charge is -2.34. The van der Waals surface area contributed by atoms with Gasteiger partial charge < -0.3 is 20.1 Å². The highest BCUT2D eigenvalue weighted by atomic mass is 16.5. The number of hydrogen-bond donors (Lipinski definition) is 3. The summed E-state index contributed by atoms with van der Waals surface area (Å²) in [6, 6.07) is 0. The van der Waals surface area contributed by atoms with Gasteiger partial charge in [0.1, 0.15) is 12.2 Å². The molecule has 66 valence electrons. The summed E-state index contributed by atoms with van der Waals surface area (Å²) in [5, 5.41) is 27.1. The molecule has 1 saturated heterocycles. The third kappa shape index (κ3) is 1.90. The van der Waals surface area contributed by atoms with Crippen molar-refractivity contribution >= 4 is 0 Å². The van der Waals surface area contributed by atoms with E-state index in [1.165, 1.54) is 0 Å². The lowest BCUT2D eigenvalue weighted by Crippen LogP contribution is -2.49. The lowest BCUT2D eigenvalue weighted by molar-refractivity contribution is -0.174. The third-order valence-corrected chi connectivity index (χ3v) is 1.94. The van der Waals surface area contributed by atoms with Gasteiger partial charge in [-0.3, -0.25) is 0 Å². The minimum absolute atomic E-state index is 0.0921. The number of ether oxygens (including phenoxy) is 1. The molecule has 0 aromatic heterocycles. The van der Waals surface area contributed by atoms with Gasteiger partial charge >= 0.3 is 0 Å². The number of rotatable bonds is 1. The third-order valence-electron chi connectivity index (χ3n) is 1.94. The highest BCUT2D eigenvalue weighted by Crippen LogP contribution is 2.19. The summed E-state index contributed by atoms with van der Waals surface area (Å²) in [6.07, 6.45) is -2.01. The molecule has 0 bridgehead atoms. The molecule has 1 heterocycles. The maximum atomic E-state index is 9.22. The van der Waals surface area contributed by atoms with Crippen molar-refractivity contribution in [2.45, 2.75) is 37.8 Å². The summed E-state index contributed by atoms with van der Waals surface area (Å²) >= 11 is 0. The minimum atomic E-state index is -0.948. The molecule has 1 aliphatic heterocycles. The molecule has 0 amide bonds. The first-order valence-corrected chi connectivity index (χ1v) is 3.77. The molecule has 0 radical (unpaired) electrons. The molecule has 2 unspecified atom stereocenters. The van der Waals surface area contributed by atoms with Gasteiger partial charge in [-0.1, -0.05) is 0 Å². The minimum Gasteiger partial charge on any atom is -0.394 e. The topological polar surface area (TPSA) is 69.9 Å². The van der Waals surface area contributed by atoms with Crippen LogP contribution in [-0.4, -0.2) is 46.3 Å². The molecule has 0 saturated carbocycles. The van der Waals surface area contributed by atoms with Gasteiger partial charge in [0.15, 0.2) is 0 Å². The van der Waals surface area contributed by atoms with E-state index < -0.39 is 18.3 Å². The lowest BCUT2D eigenvalue weighted by atomic mass is 9.99. The van der Waals surface area contributed by atoms with Crippen molar-refractivity contribution in [2.75, 3.05) is 6.61 Å². The monoisotopic (exact) mass is 162 g/mol. The first-order chi connectivity index (χ1) is 5.15. The van der Waals surface area contributed by atoms with Crippen molar-refractivity contribution in [3.05, 3.63) is 0 Å². The second-order valence-electron chi connectivity index (χ2n) is 2.96. The van der Waals surface area contributed by atoms with Crippen LogP contribution in [0.25, 0.3) is 0 Å². The van der Waals surface area contributed by atoms with Gasteiger partial charge in [0.25, 0.3) is 0 Å². The maximum absolute atomic E-state index is 9.22. The highest BCUT2D eigenvalue weighted by molar-refractivity contribution is 4.83. The average molecular weight is 162 g/mol. The second kappa shape index (κ2) is 3.49. The molecule has 4 heteroatoms. The predicted molar refractivity (Wildman–Crippen MR) is 38.1 cm³/mol. The van der Waals surface area contributed by atoms with E-state index in [1.807, 2.05) is 0 Å². The SMILES string of the molecule is C[C@@H]1C[C@@H](O)C(O)C(CO)O1. The predicted octanol–water partition coefficient (Wildman–Crippen LogP) is -1.12. The fraction of sp³-hybridized carbons (Fsp3) is 1.00. The quantitative estimate of drug-likeness (QED) is 0.456. The van der Waals surface area contributed by atoms with Crippen LogP contribution in [-0.2, 0) is 4.74 Å². The fourth-order valence-corrected chi connectivity index (χ4v) is 1.31. The van der Waals surface area contributed by atoms with Crippen LogP contribution >= 0.6 is 0 Å². The van der Waals surface area contributed by atoms with Crippen LogP contribution in [0.2, 0.25) is 0 Å². The van der Waals surface area contributed by atoms with Gasteiger partial charge in [-0.25, -0.2) is 0 Å². The molecule has 4 atom stereocenters. The smallest absolute Gasteiger partial charge is 0.109 e. The molecule has 3 N–H and O–H groups in total. The molecule has 0 spiro atoms. The van der Waals surface area contributed by atoms with E-state index in [0.29, 0.717) is 6.42 Å². The zero-order valence-electron chi connectivity index (χ0n) is 6.47.